The van der Waals surface area contributed by atoms with E-state index in [1.54, 1.807) is 36.5 Å². The summed E-state index contributed by atoms with van der Waals surface area (Å²) in [6.45, 7) is 0. The molecule has 0 saturated heterocycles. The Morgan fingerprint density at radius 2 is 1.93 bits per heavy atom. The first-order chi connectivity index (χ1) is 13.4. The summed E-state index contributed by atoms with van der Waals surface area (Å²) in [4.78, 5) is 24.9. The third kappa shape index (κ3) is 3.58. The lowest BCUT2D eigenvalue weighted by Gasteiger charge is -2.11. The van der Waals surface area contributed by atoms with E-state index in [1.807, 2.05) is 12.1 Å². The minimum atomic E-state index is -0.763. The summed E-state index contributed by atoms with van der Waals surface area (Å²) in [5, 5.41) is 11.1. The van der Waals surface area contributed by atoms with Gasteiger partial charge in [0.05, 0.1) is 23.3 Å². The van der Waals surface area contributed by atoms with Gasteiger partial charge >= 0.3 is 0 Å². The number of fused-ring (bicyclic) bond motifs is 1. The highest BCUT2D eigenvalue weighted by atomic mass is 35.5. The predicted molar refractivity (Wildman–Crippen MR) is 110 cm³/mol. The normalized spacial score (nSPS) is 15.2. The Hall–Kier alpha value is -2.54. The molecular formula is C19H13Cl3N4O2. The average molecular weight is 436 g/mol. The smallest absolute Gasteiger partial charge is 0.251 e. The van der Waals surface area contributed by atoms with Crippen LogP contribution in [0.5, 0.6) is 0 Å². The molecule has 0 fully saturated rings. The lowest BCUT2D eigenvalue weighted by molar-refractivity contribution is -0.123. The van der Waals surface area contributed by atoms with Gasteiger partial charge in [-0.15, -0.1) is 0 Å². The number of hydrogen-bond donors (Lipinski definition) is 2. The van der Waals surface area contributed by atoms with Crippen molar-refractivity contribution in [3.63, 3.8) is 0 Å². The SMILES string of the molecule is O=C(CC1C(=O)Nc2c(-c3cccc(Cl)c3)cnn21)Nc1cc(Cl)ccc1Cl. The molecule has 1 unspecified atom stereocenters. The largest absolute Gasteiger partial charge is 0.325 e. The standard InChI is InChI=1S/C19H13Cl3N4O2/c20-11-3-1-2-10(6-11)13-9-23-26-16(19(28)25-18(13)26)8-17(27)24-15-7-12(21)4-5-14(15)22/h1-7,9,16H,8H2,(H,24,27)(H,25,28). The number of hydrogen-bond acceptors (Lipinski definition) is 3. The molecule has 0 saturated carbocycles. The van der Waals surface area contributed by atoms with Crippen molar-refractivity contribution in [2.45, 2.75) is 12.5 Å². The van der Waals surface area contributed by atoms with Gasteiger partial charge in [-0.05, 0) is 35.9 Å². The molecule has 2 aromatic carbocycles. The summed E-state index contributed by atoms with van der Waals surface area (Å²) >= 11 is 18.1. The fraction of sp³-hybridized carbons (Fsp3) is 0.105. The van der Waals surface area contributed by atoms with Crippen molar-refractivity contribution in [3.8, 4) is 11.1 Å². The number of carbonyl (C=O) groups is 2. The van der Waals surface area contributed by atoms with E-state index >= 15 is 0 Å². The van der Waals surface area contributed by atoms with Crippen LogP contribution in [0, 0.1) is 0 Å². The van der Waals surface area contributed by atoms with Crippen LogP contribution < -0.4 is 10.6 Å². The number of rotatable bonds is 4. The topological polar surface area (TPSA) is 76.0 Å². The molecule has 1 atom stereocenters. The molecule has 1 aliphatic rings. The van der Waals surface area contributed by atoms with Gasteiger partial charge in [-0.25, -0.2) is 4.68 Å². The van der Waals surface area contributed by atoms with Crippen LogP contribution in [0.4, 0.5) is 11.5 Å². The Balaban J connectivity index is 1.55. The third-order valence-corrected chi connectivity index (χ3v) is 5.15. The number of halogens is 3. The Bertz CT molecular complexity index is 1100. The maximum Gasteiger partial charge on any atom is 0.251 e. The van der Waals surface area contributed by atoms with Crippen LogP contribution in [0.3, 0.4) is 0 Å². The van der Waals surface area contributed by atoms with Gasteiger partial charge in [0.1, 0.15) is 11.9 Å². The van der Waals surface area contributed by atoms with Crippen LogP contribution in [0.15, 0.2) is 48.7 Å². The summed E-state index contributed by atoms with van der Waals surface area (Å²) in [5.74, 6) is -0.151. The molecule has 0 spiro atoms. The van der Waals surface area contributed by atoms with Crippen molar-refractivity contribution in [2.24, 2.45) is 0 Å². The molecule has 6 nitrogen and oxygen atoms in total. The van der Waals surface area contributed by atoms with E-state index in [1.165, 1.54) is 4.68 Å². The van der Waals surface area contributed by atoms with Crippen molar-refractivity contribution < 1.29 is 9.59 Å². The molecule has 1 aromatic heterocycles. The molecule has 142 valence electrons. The Morgan fingerprint density at radius 3 is 2.71 bits per heavy atom. The summed E-state index contributed by atoms with van der Waals surface area (Å²) in [5.41, 5.74) is 1.94. The van der Waals surface area contributed by atoms with Crippen LogP contribution in [-0.2, 0) is 9.59 Å². The van der Waals surface area contributed by atoms with E-state index in [0.717, 1.165) is 11.1 Å². The van der Waals surface area contributed by atoms with E-state index in [2.05, 4.69) is 15.7 Å². The monoisotopic (exact) mass is 434 g/mol. The molecule has 4 rings (SSSR count). The number of nitrogens with one attached hydrogen (secondary N) is 2. The quantitative estimate of drug-likeness (QED) is 0.603. The number of nitrogens with zero attached hydrogens (tertiary/aromatic N) is 2. The van der Waals surface area contributed by atoms with Crippen LogP contribution in [0.1, 0.15) is 12.5 Å². The molecule has 0 bridgehead atoms. The fourth-order valence-electron chi connectivity index (χ4n) is 3.05. The van der Waals surface area contributed by atoms with E-state index in [0.29, 0.717) is 26.6 Å². The second-order valence-electron chi connectivity index (χ2n) is 6.24. The number of benzene rings is 2. The van der Waals surface area contributed by atoms with Gasteiger partial charge < -0.3 is 10.6 Å². The Labute approximate surface area is 175 Å². The molecule has 2 amide bonds. The summed E-state index contributed by atoms with van der Waals surface area (Å²) in [6.07, 6.45) is 1.54. The summed E-state index contributed by atoms with van der Waals surface area (Å²) in [7, 11) is 0. The van der Waals surface area contributed by atoms with Gasteiger partial charge in [-0.3, -0.25) is 9.59 Å². The Kier molecular flexibility index (Phi) is 5.02. The summed E-state index contributed by atoms with van der Waals surface area (Å²) < 4.78 is 1.51. The van der Waals surface area contributed by atoms with E-state index in [4.69, 9.17) is 34.8 Å². The zero-order valence-electron chi connectivity index (χ0n) is 14.2. The molecule has 2 heterocycles. The molecule has 2 N–H and O–H groups in total. The van der Waals surface area contributed by atoms with Gasteiger partial charge in [0.25, 0.3) is 5.91 Å². The van der Waals surface area contributed by atoms with Crippen molar-refractivity contribution in [1.82, 2.24) is 9.78 Å². The minimum Gasteiger partial charge on any atom is -0.325 e. The number of aromatic nitrogens is 2. The van der Waals surface area contributed by atoms with Crippen molar-refractivity contribution in [1.29, 1.82) is 0 Å². The molecule has 0 radical (unpaired) electrons. The molecule has 28 heavy (non-hydrogen) atoms. The van der Waals surface area contributed by atoms with Crippen LogP contribution in [-0.4, -0.2) is 21.6 Å². The first-order valence-corrected chi connectivity index (χ1v) is 9.45. The number of anilines is 2. The van der Waals surface area contributed by atoms with E-state index in [-0.39, 0.29) is 18.2 Å². The highest BCUT2D eigenvalue weighted by molar-refractivity contribution is 6.35. The first-order valence-electron chi connectivity index (χ1n) is 8.31. The maximum atomic E-state index is 12.5. The molecular weight excluding hydrogens is 423 g/mol. The second-order valence-corrected chi connectivity index (χ2v) is 7.52. The Morgan fingerprint density at radius 1 is 1.14 bits per heavy atom. The number of amides is 2. The van der Waals surface area contributed by atoms with Crippen LogP contribution >= 0.6 is 34.8 Å². The van der Waals surface area contributed by atoms with Gasteiger partial charge in [0.2, 0.25) is 5.91 Å². The van der Waals surface area contributed by atoms with Crippen molar-refractivity contribution in [3.05, 3.63) is 63.7 Å². The molecule has 1 aliphatic heterocycles. The zero-order chi connectivity index (χ0) is 19.8. The van der Waals surface area contributed by atoms with Gasteiger partial charge in [0.15, 0.2) is 0 Å². The van der Waals surface area contributed by atoms with Gasteiger partial charge in [-0.1, -0.05) is 46.9 Å². The predicted octanol–water partition coefficient (Wildman–Crippen LogP) is 5.03. The minimum absolute atomic E-state index is 0.0989. The third-order valence-electron chi connectivity index (χ3n) is 4.35. The van der Waals surface area contributed by atoms with Crippen LogP contribution in [0.25, 0.3) is 11.1 Å². The van der Waals surface area contributed by atoms with Gasteiger partial charge in [-0.2, -0.15) is 5.10 Å². The van der Waals surface area contributed by atoms with Gasteiger partial charge in [0, 0.05) is 15.6 Å². The summed E-state index contributed by atoms with van der Waals surface area (Å²) in [6, 6.07) is 11.2. The molecule has 0 aliphatic carbocycles. The molecule has 9 heteroatoms. The fourth-order valence-corrected chi connectivity index (χ4v) is 3.58. The van der Waals surface area contributed by atoms with Crippen LogP contribution in [0.2, 0.25) is 15.1 Å². The molecule has 3 aromatic rings. The average Bonchev–Trinajstić information content (AvgIpc) is 3.18. The van der Waals surface area contributed by atoms with Crippen molar-refractivity contribution in [2.75, 3.05) is 10.6 Å². The lowest BCUT2D eigenvalue weighted by atomic mass is 10.1. The highest BCUT2D eigenvalue weighted by Gasteiger charge is 2.35. The maximum absolute atomic E-state index is 12.5. The highest BCUT2D eigenvalue weighted by Crippen LogP contribution is 2.36. The number of carbonyl (C=O) groups excluding carboxylic acids is 2. The second kappa shape index (κ2) is 7.47. The van der Waals surface area contributed by atoms with Crippen molar-refractivity contribution >= 4 is 58.1 Å². The van der Waals surface area contributed by atoms with E-state index < -0.39 is 6.04 Å². The van der Waals surface area contributed by atoms with E-state index in [9.17, 15) is 9.59 Å². The zero-order valence-corrected chi connectivity index (χ0v) is 16.5. The first kappa shape index (κ1) is 18.8. The lowest BCUT2D eigenvalue weighted by Crippen LogP contribution is -2.23.